The van der Waals surface area contributed by atoms with Crippen LogP contribution in [0.4, 0.5) is 34.1 Å². The molecule has 0 radical (unpaired) electrons. The molecule has 0 atom stereocenters. The van der Waals surface area contributed by atoms with E-state index in [0.29, 0.717) is 5.02 Å². The topological polar surface area (TPSA) is 6.48 Å². The molecular formula is C58H63ClN2. The molecule has 61 heavy (non-hydrogen) atoms. The monoisotopic (exact) mass is 822 g/mol. The summed E-state index contributed by atoms with van der Waals surface area (Å²) in [6.07, 6.45) is 0. The molecule has 0 aliphatic heterocycles. The Bertz CT molecular complexity index is 2540. The van der Waals surface area contributed by atoms with Gasteiger partial charge in [0.25, 0.3) is 0 Å². The standard InChI is InChI=1S/C58H63ClN2/c1-40-36-52(60(47-31-26-42(27-32-47)55(2,3)4)48-33-28-43(29-34-48)56(5,6)7)54(59)53(37-40)61(49-25-19-24-46(38-49)58(11,12)44-22-17-14-18-23-44)51-35-30-45(57(8,9)10)39-50(51)41-20-15-13-16-21-41/h13-39H,1-12H3. The molecule has 0 saturated carbocycles. The van der Waals surface area contributed by atoms with Gasteiger partial charge in [0.2, 0.25) is 0 Å². The molecule has 3 heteroatoms. The van der Waals surface area contributed by atoms with Gasteiger partial charge in [-0.2, -0.15) is 0 Å². The lowest BCUT2D eigenvalue weighted by molar-refractivity contribution is 0.590. The quantitative estimate of drug-likeness (QED) is 0.143. The number of hydrogen-bond acceptors (Lipinski definition) is 2. The second-order valence-electron chi connectivity index (χ2n) is 20.3. The zero-order valence-corrected chi connectivity index (χ0v) is 39.1. The first-order valence-corrected chi connectivity index (χ1v) is 22.1. The van der Waals surface area contributed by atoms with Gasteiger partial charge >= 0.3 is 0 Å². The summed E-state index contributed by atoms with van der Waals surface area (Å²) >= 11 is 8.02. The van der Waals surface area contributed by atoms with Crippen LogP contribution >= 0.6 is 11.6 Å². The lowest BCUT2D eigenvalue weighted by Gasteiger charge is -2.34. The summed E-state index contributed by atoms with van der Waals surface area (Å²) in [4.78, 5) is 4.72. The zero-order chi connectivity index (χ0) is 43.9. The highest BCUT2D eigenvalue weighted by Gasteiger charge is 2.29. The number of nitrogens with zero attached hydrogens (tertiary/aromatic N) is 2. The van der Waals surface area contributed by atoms with Gasteiger partial charge in [-0.15, -0.1) is 0 Å². The van der Waals surface area contributed by atoms with Crippen LogP contribution in [-0.2, 0) is 21.7 Å². The summed E-state index contributed by atoms with van der Waals surface area (Å²) < 4.78 is 0. The van der Waals surface area contributed by atoms with E-state index >= 15 is 0 Å². The fourth-order valence-corrected chi connectivity index (χ4v) is 8.49. The number of rotatable bonds is 9. The Morgan fingerprint density at radius 1 is 0.361 bits per heavy atom. The van der Waals surface area contributed by atoms with Crippen molar-refractivity contribution in [2.45, 2.75) is 105 Å². The van der Waals surface area contributed by atoms with Crippen molar-refractivity contribution in [3.8, 4) is 11.1 Å². The highest BCUT2D eigenvalue weighted by Crippen LogP contribution is 2.50. The molecule has 2 nitrogen and oxygen atoms in total. The molecule has 0 bridgehead atoms. The van der Waals surface area contributed by atoms with E-state index in [4.69, 9.17) is 11.6 Å². The summed E-state index contributed by atoms with van der Waals surface area (Å²) in [7, 11) is 0. The molecular weight excluding hydrogens is 760 g/mol. The van der Waals surface area contributed by atoms with Crippen molar-refractivity contribution < 1.29 is 0 Å². The van der Waals surface area contributed by atoms with Crippen molar-refractivity contribution in [2.75, 3.05) is 9.80 Å². The van der Waals surface area contributed by atoms with Crippen LogP contribution in [0.3, 0.4) is 0 Å². The van der Waals surface area contributed by atoms with Crippen molar-refractivity contribution in [1.29, 1.82) is 0 Å². The molecule has 0 N–H and O–H groups in total. The first-order valence-electron chi connectivity index (χ1n) is 21.7. The van der Waals surface area contributed by atoms with Gasteiger partial charge < -0.3 is 9.80 Å². The van der Waals surface area contributed by atoms with Gasteiger partial charge in [-0.3, -0.25) is 0 Å². The Morgan fingerprint density at radius 3 is 1.33 bits per heavy atom. The van der Waals surface area contributed by atoms with E-state index in [-0.39, 0.29) is 21.7 Å². The van der Waals surface area contributed by atoms with Crippen LogP contribution in [-0.4, -0.2) is 0 Å². The molecule has 0 unspecified atom stereocenters. The average molecular weight is 824 g/mol. The maximum absolute atomic E-state index is 8.02. The fraction of sp³-hybridized carbons (Fsp3) is 0.276. The van der Waals surface area contributed by atoms with E-state index in [9.17, 15) is 0 Å². The van der Waals surface area contributed by atoms with Gasteiger partial charge in [0.05, 0.1) is 22.1 Å². The van der Waals surface area contributed by atoms with Gasteiger partial charge in [0.1, 0.15) is 0 Å². The van der Waals surface area contributed by atoms with Crippen molar-refractivity contribution in [1.82, 2.24) is 0 Å². The van der Waals surface area contributed by atoms with E-state index in [0.717, 1.165) is 50.8 Å². The van der Waals surface area contributed by atoms with Crippen molar-refractivity contribution in [3.63, 3.8) is 0 Å². The molecule has 0 spiro atoms. The molecule has 7 rings (SSSR count). The fourth-order valence-electron chi connectivity index (χ4n) is 8.21. The van der Waals surface area contributed by atoms with Crippen LogP contribution in [0, 0.1) is 6.92 Å². The maximum atomic E-state index is 8.02. The first kappa shape index (κ1) is 43.5. The summed E-state index contributed by atoms with van der Waals surface area (Å²) in [6.45, 7) is 27.2. The number of anilines is 6. The maximum Gasteiger partial charge on any atom is 0.0887 e. The van der Waals surface area contributed by atoms with E-state index in [1.54, 1.807) is 0 Å². The molecule has 312 valence electrons. The molecule has 7 aromatic rings. The number of hydrogen-bond donors (Lipinski definition) is 0. The Kier molecular flexibility index (Phi) is 11.9. The minimum Gasteiger partial charge on any atom is -0.309 e. The first-order chi connectivity index (χ1) is 28.7. The molecule has 0 heterocycles. The van der Waals surface area contributed by atoms with E-state index in [1.807, 2.05) is 0 Å². The highest BCUT2D eigenvalue weighted by atomic mass is 35.5. The van der Waals surface area contributed by atoms with E-state index in [1.165, 1.54) is 27.8 Å². The van der Waals surface area contributed by atoms with E-state index < -0.39 is 0 Å². The predicted octanol–water partition coefficient (Wildman–Crippen LogP) is 17.5. The van der Waals surface area contributed by atoms with Gasteiger partial charge in [-0.25, -0.2) is 0 Å². The lowest BCUT2D eigenvalue weighted by Crippen LogP contribution is -2.20. The van der Waals surface area contributed by atoms with Crippen LogP contribution in [0.15, 0.2) is 164 Å². The van der Waals surface area contributed by atoms with Crippen LogP contribution in [0.5, 0.6) is 0 Å². The van der Waals surface area contributed by atoms with Gasteiger partial charge in [-0.05, 0) is 123 Å². The normalized spacial score (nSPS) is 12.3. The molecule has 0 fully saturated rings. The molecule has 0 amide bonds. The number of benzene rings is 7. The molecule has 0 aliphatic carbocycles. The smallest absolute Gasteiger partial charge is 0.0887 e. The SMILES string of the molecule is Cc1cc(N(c2ccc(C(C)(C)C)cc2)c2ccc(C(C)(C)C)cc2)c(Cl)c(N(c2cccc(C(C)(C)c3ccccc3)c2)c2ccc(C(C)(C)C)cc2-c2ccccc2)c1. The van der Waals surface area contributed by atoms with E-state index in [2.05, 4.69) is 257 Å². The average Bonchev–Trinajstić information content (AvgIpc) is 3.23. The Hall–Kier alpha value is -5.57. The van der Waals surface area contributed by atoms with Crippen molar-refractivity contribution in [3.05, 3.63) is 202 Å². The number of aryl methyl sites for hydroxylation is 1. The third kappa shape index (κ3) is 9.21. The zero-order valence-electron chi connectivity index (χ0n) is 38.4. The molecule has 7 aromatic carbocycles. The van der Waals surface area contributed by atoms with Crippen molar-refractivity contribution in [2.24, 2.45) is 0 Å². The van der Waals surface area contributed by atoms with Crippen LogP contribution in [0.1, 0.15) is 110 Å². The number of halogens is 1. The second-order valence-corrected chi connectivity index (χ2v) is 20.6. The van der Waals surface area contributed by atoms with Crippen LogP contribution < -0.4 is 9.80 Å². The minimum atomic E-state index is -0.252. The van der Waals surface area contributed by atoms with Crippen molar-refractivity contribution >= 4 is 45.7 Å². The Balaban J connectivity index is 1.52. The summed E-state index contributed by atoms with van der Waals surface area (Å²) in [5.74, 6) is 0. The largest absolute Gasteiger partial charge is 0.309 e. The minimum absolute atomic E-state index is 0.0228. The summed E-state index contributed by atoms with van der Waals surface area (Å²) in [5.41, 5.74) is 15.5. The van der Waals surface area contributed by atoms with Gasteiger partial charge in [0.15, 0.2) is 0 Å². The van der Waals surface area contributed by atoms with Gasteiger partial charge in [-0.1, -0.05) is 191 Å². The molecule has 0 saturated heterocycles. The highest BCUT2D eigenvalue weighted by molar-refractivity contribution is 6.37. The second kappa shape index (κ2) is 16.7. The third-order valence-electron chi connectivity index (χ3n) is 12.2. The van der Waals surface area contributed by atoms with Gasteiger partial charge in [0, 0.05) is 28.0 Å². The summed E-state index contributed by atoms with van der Waals surface area (Å²) in [5, 5.41) is 0.664. The van der Waals surface area contributed by atoms with Crippen LogP contribution in [0.2, 0.25) is 5.02 Å². The Morgan fingerprint density at radius 2 is 0.820 bits per heavy atom. The van der Waals surface area contributed by atoms with Crippen LogP contribution in [0.25, 0.3) is 11.1 Å². The summed E-state index contributed by atoms with van der Waals surface area (Å²) in [6, 6.07) is 60.0. The predicted molar refractivity (Wildman–Crippen MR) is 266 cm³/mol. The molecule has 0 aromatic heterocycles. The third-order valence-corrected chi connectivity index (χ3v) is 12.5. The Labute approximate surface area is 371 Å². The lowest BCUT2D eigenvalue weighted by atomic mass is 9.78. The molecule has 0 aliphatic rings.